The molecular formula is C20H23FN2O2. The molecule has 0 saturated heterocycles. The van der Waals surface area contributed by atoms with Crippen LogP contribution in [0.15, 0.2) is 48.5 Å². The van der Waals surface area contributed by atoms with E-state index in [1.807, 2.05) is 30.1 Å². The molecule has 1 atom stereocenters. The summed E-state index contributed by atoms with van der Waals surface area (Å²) in [7, 11) is 1.91. The Balaban J connectivity index is 1.35. The normalized spacial score (nSPS) is 15.7. The predicted molar refractivity (Wildman–Crippen MR) is 95.2 cm³/mol. The summed E-state index contributed by atoms with van der Waals surface area (Å²) in [6.45, 7) is 1.59. The van der Waals surface area contributed by atoms with Gasteiger partial charge >= 0.3 is 0 Å². The van der Waals surface area contributed by atoms with Crippen molar-refractivity contribution >= 4 is 5.91 Å². The van der Waals surface area contributed by atoms with Gasteiger partial charge in [-0.15, -0.1) is 0 Å². The molecule has 0 fully saturated rings. The highest BCUT2D eigenvalue weighted by atomic mass is 19.1. The highest BCUT2D eigenvalue weighted by Gasteiger charge is 2.22. The minimum Gasteiger partial charge on any atom is -0.488 e. The van der Waals surface area contributed by atoms with E-state index in [2.05, 4.69) is 11.4 Å². The molecule has 0 spiro atoms. The van der Waals surface area contributed by atoms with Crippen molar-refractivity contribution < 1.29 is 13.9 Å². The maximum Gasteiger partial charge on any atom is 0.234 e. The number of carbonyl (C=O) groups is 1. The third-order valence-corrected chi connectivity index (χ3v) is 4.35. The summed E-state index contributed by atoms with van der Waals surface area (Å²) in [6.07, 6.45) is 1.62. The van der Waals surface area contributed by atoms with E-state index in [0.29, 0.717) is 13.1 Å². The van der Waals surface area contributed by atoms with Gasteiger partial charge in [0.05, 0.1) is 13.1 Å². The fourth-order valence-electron chi connectivity index (χ4n) is 2.95. The van der Waals surface area contributed by atoms with Crippen molar-refractivity contribution in [1.29, 1.82) is 0 Å². The first kappa shape index (κ1) is 17.4. The van der Waals surface area contributed by atoms with Gasteiger partial charge in [0.25, 0.3) is 0 Å². The maximum absolute atomic E-state index is 12.9. The number of nitrogens with zero attached hydrogens (tertiary/aromatic N) is 1. The molecule has 1 heterocycles. The molecule has 3 rings (SSSR count). The maximum atomic E-state index is 12.9. The molecule has 0 saturated carbocycles. The van der Waals surface area contributed by atoms with Crippen LogP contribution in [0.2, 0.25) is 0 Å². The van der Waals surface area contributed by atoms with E-state index in [1.165, 1.54) is 17.7 Å². The van der Waals surface area contributed by atoms with Crippen LogP contribution in [0, 0.1) is 5.82 Å². The lowest BCUT2D eigenvalue weighted by Gasteiger charge is -2.17. The summed E-state index contributed by atoms with van der Waals surface area (Å²) in [5, 5.41) is 2.94. The first-order chi connectivity index (χ1) is 12.1. The molecule has 2 aromatic rings. The van der Waals surface area contributed by atoms with Gasteiger partial charge in [0.2, 0.25) is 5.91 Å². The molecule has 0 radical (unpaired) electrons. The van der Waals surface area contributed by atoms with Gasteiger partial charge in [0.1, 0.15) is 17.7 Å². The molecule has 25 heavy (non-hydrogen) atoms. The Bertz CT molecular complexity index is 693. The second-order valence-electron chi connectivity index (χ2n) is 6.47. The highest BCUT2D eigenvalue weighted by molar-refractivity contribution is 5.78. The Hall–Kier alpha value is -2.40. The lowest BCUT2D eigenvalue weighted by atomic mass is 10.1. The topological polar surface area (TPSA) is 41.6 Å². The first-order valence-corrected chi connectivity index (χ1v) is 8.54. The van der Waals surface area contributed by atoms with Gasteiger partial charge < -0.3 is 10.1 Å². The van der Waals surface area contributed by atoms with Crippen LogP contribution < -0.4 is 10.1 Å². The van der Waals surface area contributed by atoms with Crippen LogP contribution in [0.3, 0.4) is 0 Å². The van der Waals surface area contributed by atoms with Crippen LogP contribution in [0.1, 0.15) is 11.1 Å². The summed E-state index contributed by atoms with van der Waals surface area (Å²) in [4.78, 5) is 14.0. The number of likely N-dealkylation sites (N-methyl/N-ethyl adjacent to an activating group) is 1. The molecule has 0 aliphatic carbocycles. The van der Waals surface area contributed by atoms with Crippen molar-refractivity contribution in [3.8, 4) is 5.75 Å². The number of benzene rings is 2. The number of halogens is 1. The molecule has 1 unspecified atom stereocenters. The van der Waals surface area contributed by atoms with Gasteiger partial charge in [0, 0.05) is 13.0 Å². The minimum absolute atomic E-state index is 0.00544. The van der Waals surface area contributed by atoms with Gasteiger partial charge in [-0.2, -0.15) is 0 Å². The molecule has 5 heteroatoms. The molecule has 0 aromatic heterocycles. The zero-order valence-corrected chi connectivity index (χ0v) is 14.4. The number of hydrogen-bond donors (Lipinski definition) is 1. The molecule has 4 nitrogen and oxygen atoms in total. The quantitative estimate of drug-likeness (QED) is 0.840. The minimum atomic E-state index is -0.229. The van der Waals surface area contributed by atoms with Crippen molar-refractivity contribution in [2.75, 3.05) is 26.7 Å². The molecule has 1 N–H and O–H groups in total. The fraction of sp³-hybridized carbons (Fsp3) is 0.350. The van der Waals surface area contributed by atoms with Crippen LogP contribution in [-0.4, -0.2) is 43.6 Å². The Labute approximate surface area is 147 Å². The van der Waals surface area contributed by atoms with Crippen LogP contribution in [0.4, 0.5) is 4.39 Å². The number of para-hydroxylation sites is 1. The van der Waals surface area contributed by atoms with Crippen LogP contribution in [0.25, 0.3) is 0 Å². The Kier molecular flexibility index (Phi) is 5.66. The Morgan fingerprint density at radius 2 is 2.00 bits per heavy atom. The number of carbonyl (C=O) groups excluding carboxylic acids is 1. The van der Waals surface area contributed by atoms with Gasteiger partial charge in [-0.1, -0.05) is 30.3 Å². The van der Waals surface area contributed by atoms with Crippen LogP contribution in [0.5, 0.6) is 5.75 Å². The van der Waals surface area contributed by atoms with E-state index in [9.17, 15) is 9.18 Å². The molecule has 132 valence electrons. The molecule has 1 aliphatic rings. The van der Waals surface area contributed by atoms with E-state index >= 15 is 0 Å². The van der Waals surface area contributed by atoms with Gasteiger partial charge in [-0.05, 0) is 42.8 Å². The van der Waals surface area contributed by atoms with E-state index in [-0.39, 0.29) is 17.8 Å². The van der Waals surface area contributed by atoms with E-state index < -0.39 is 0 Å². The SMILES string of the molecule is CN(CCc1ccc(F)cc1)CC(=O)NCC1Cc2ccccc2O1. The zero-order valence-electron chi connectivity index (χ0n) is 14.4. The molecule has 0 bridgehead atoms. The summed E-state index contributed by atoms with van der Waals surface area (Å²) >= 11 is 0. The fourth-order valence-corrected chi connectivity index (χ4v) is 2.95. The van der Waals surface area contributed by atoms with Gasteiger partial charge in [-0.25, -0.2) is 4.39 Å². The third-order valence-electron chi connectivity index (χ3n) is 4.35. The molecule has 1 amide bonds. The summed E-state index contributed by atoms with van der Waals surface area (Å²) in [5.74, 6) is 0.673. The standard InChI is InChI=1S/C20H23FN2O2/c1-23(11-10-15-6-8-17(21)9-7-15)14-20(24)22-13-18-12-16-4-2-3-5-19(16)25-18/h2-9,18H,10-14H2,1H3,(H,22,24). The van der Waals surface area contributed by atoms with Crippen molar-refractivity contribution in [2.45, 2.75) is 18.9 Å². The van der Waals surface area contributed by atoms with Crippen molar-refractivity contribution in [3.05, 3.63) is 65.5 Å². The molecule has 2 aromatic carbocycles. The summed E-state index contributed by atoms with van der Waals surface area (Å²) in [5.41, 5.74) is 2.25. The number of nitrogens with one attached hydrogen (secondary N) is 1. The third kappa shape index (κ3) is 5.03. The van der Waals surface area contributed by atoms with Crippen molar-refractivity contribution in [2.24, 2.45) is 0 Å². The second kappa shape index (κ2) is 8.12. The van der Waals surface area contributed by atoms with Gasteiger partial charge in [0.15, 0.2) is 0 Å². The average Bonchev–Trinajstić information content (AvgIpc) is 3.02. The lowest BCUT2D eigenvalue weighted by Crippen LogP contribution is -2.40. The van der Waals surface area contributed by atoms with Crippen molar-refractivity contribution in [1.82, 2.24) is 10.2 Å². The number of rotatable bonds is 7. The smallest absolute Gasteiger partial charge is 0.234 e. The van der Waals surface area contributed by atoms with E-state index in [4.69, 9.17) is 4.74 Å². The number of fused-ring (bicyclic) bond motifs is 1. The Morgan fingerprint density at radius 3 is 2.76 bits per heavy atom. The number of amides is 1. The Morgan fingerprint density at radius 1 is 1.24 bits per heavy atom. The monoisotopic (exact) mass is 342 g/mol. The van der Waals surface area contributed by atoms with Crippen LogP contribution in [-0.2, 0) is 17.6 Å². The summed E-state index contributed by atoms with van der Waals surface area (Å²) < 4.78 is 18.7. The molecular weight excluding hydrogens is 319 g/mol. The highest BCUT2D eigenvalue weighted by Crippen LogP contribution is 2.27. The summed E-state index contributed by atoms with van der Waals surface area (Å²) in [6, 6.07) is 14.4. The van der Waals surface area contributed by atoms with E-state index in [0.717, 1.165) is 30.7 Å². The van der Waals surface area contributed by atoms with E-state index in [1.54, 1.807) is 12.1 Å². The first-order valence-electron chi connectivity index (χ1n) is 8.54. The number of ether oxygens (including phenoxy) is 1. The second-order valence-corrected chi connectivity index (χ2v) is 6.47. The van der Waals surface area contributed by atoms with Crippen molar-refractivity contribution in [3.63, 3.8) is 0 Å². The predicted octanol–water partition coefficient (Wildman–Crippen LogP) is 2.42. The average molecular weight is 342 g/mol. The zero-order chi connectivity index (χ0) is 17.6. The van der Waals surface area contributed by atoms with Gasteiger partial charge in [-0.3, -0.25) is 9.69 Å². The van der Waals surface area contributed by atoms with Crippen LogP contribution >= 0.6 is 0 Å². The molecule has 1 aliphatic heterocycles. The lowest BCUT2D eigenvalue weighted by molar-refractivity contribution is -0.122. The largest absolute Gasteiger partial charge is 0.488 e. The number of hydrogen-bond acceptors (Lipinski definition) is 3.